The number of hydrazone groups is 1. The maximum atomic E-state index is 11.9. The van der Waals surface area contributed by atoms with Crippen molar-refractivity contribution in [2.24, 2.45) is 10.9 Å². The first-order chi connectivity index (χ1) is 33.2. The normalized spacial score (nSPS) is 10.3. The fourth-order valence-electron chi connectivity index (χ4n) is 5.29. The molecule has 0 spiro atoms. The number of methoxy groups -OCH3 is 2. The van der Waals surface area contributed by atoms with E-state index in [0.717, 1.165) is 45.7 Å². The van der Waals surface area contributed by atoms with Gasteiger partial charge in [0.1, 0.15) is 17.8 Å². The summed E-state index contributed by atoms with van der Waals surface area (Å²) in [6.07, 6.45) is 2.32. The minimum absolute atomic E-state index is 0. The third-order valence-electron chi connectivity index (χ3n) is 9.15. The number of diazo groups is 1. The Hall–Kier alpha value is -8.12. The standard InChI is InChI=1S/C15H14N4O.C14H14N2O2S.C8H8O.C7H7N2O.C6H8N2O2S.ClH/c1-11-3-5-12(6-4-11)15-16-18-19(17-15)13-7-9-14(20-2)10-8-13;1-12-7-9-13(10-8-12)11-15-16-19(17,18)14-5-3-2-4-6-14;1-7-2-4-8(6-9)5-3-7;1-10-7-4-2-6(9-8)3-5-7;7-8-11(9,10)6-4-2-1-3-5-6;/h3-10H,1-2H3;2-11,16H,1H3;2-6H,1H3;2-5H,1H3;1-5,8H,7H2;1H/q;;;+1;;/p-1/b;15-11+;;;;. The van der Waals surface area contributed by atoms with Gasteiger partial charge >= 0.3 is 5.69 Å². The number of aromatic nitrogens is 4. The van der Waals surface area contributed by atoms with Crippen LogP contribution in [0.25, 0.3) is 22.1 Å². The Labute approximate surface area is 414 Å². The van der Waals surface area contributed by atoms with Crippen molar-refractivity contribution in [1.82, 2.24) is 29.9 Å². The number of carbonyl (C=O) groups excluding carboxylic acids is 1. The van der Waals surface area contributed by atoms with Crippen molar-refractivity contribution < 1.29 is 43.5 Å². The fraction of sp³-hybridized carbons (Fsp3) is 0.100. The van der Waals surface area contributed by atoms with Crippen molar-refractivity contribution in [3.05, 3.63) is 215 Å². The van der Waals surface area contributed by atoms with Crippen LogP contribution in [0.5, 0.6) is 11.5 Å². The Morgan fingerprint density at radius 3 is 1.50 bits per heavy atom. The van der Waals surface area contributed by atoms with E-state index in [1.54, 1.807) is 79.7 Å². The van der Waals surface area contributed by atoms with E-state index in [1.165, 1.54) is 46.4 Å². The third-order valence-corrected chi connectivity index (χ3v) is 11.6. The SMILES string of the molecule is COc1ccc(-n2nnc(-c3ccc(C)cc3)n2)cc1.COc1ccc([N+]#N)cc1.Cc1ccc(/C=N/NS(=O)(=O)c2ccccc2)cc1.Cc1ccc(C=O)cc1.NNS(=O)(=O)c1ccccc1.[Cl-]. The summed E-state index contributed by atoms with van der Waals surface area (Å²) >= 11 is 0. The van der Waals surface area contributed by atoms with Crippen molar-refractivity contribution in [3.8, 4) is 28.6 Å². The largest absolute Gasteiger partial charge is 1.00 e. The van der Waals surface area contributed by atoms with Gasteiger partial charge in [-0.1, -0.05) is 126 Å². The Kier molecular flexibility index (Phi) is 23.2. The van der Waals surface area contributed by atoms with Crippen LogP contribution < -0.4 is 37.4 Å². The highest BCUT2D eigenvalue weighted by molar-refractivity contribution is 7.89. The second kappa shape index (κ2) is 28.9. The second-order valence-electron chi connectivity index (χ2n) is 14.3. The van der Waals surface area contributed by atoms with Gasteiger partial charge in [-0.3, -0.25) is 10.6 Å². The molecule has 0 atom stereocenters. The Bertz CT molecular complexity index is 3090. The summed E-state index contributed by atoms with van der Waals surface area (Å²) in [6, 6.07) is 53.5. The van der Waals surface area contributed by atoms with Crippen LogP contribution in [0.1, 0.15) is 32.6 Å². The zero-order chi connectivity index (χ0) is 50.1. The average Bonchev–Trinajstić information content (AvgIpc) is 3.89. The zero-order valence-electron chi connectivity index (χ0n) is 38.7. The molecule has 8 aromatic rings. The monoisotopic (exact) mass is 1000 g/mol. The lowest BCUT2D eigenvalue weighted by molar-refractivity contribution is -0.0000261. The third kappa shape index (κ3) is 18.9. The highest BCUT2D eigenvalue weighted by atomic mass is 35.5. The van der Waals surface area contributed by atoms with Gasteiger partial charge in [0.15, 0.2) is 4.98 Å². The van der Waals surface area contributed by atoms with E-state index in [4.69, 9.17) is 20.7 Å². The number of rotatable bonds is 11. The van der Waals surface area contributed by atoms with Gasteiger partial charge in [0.25, 0.3) is 20.0 Å². The van der Waals surface area contributed by atoms with Crippen LogP contribution in [0.3, 0.4) is 0 Å². The molecule has 8 rings (SSSR count). The van der Waals surface area contributed by atoms with Crippen LogP contribution >= 0.6 is 0 Å². The molecule has 7 aromatic carbocycles. The van der Waals surface area contributed by atoms with Gasteiger partial charge in [-0.05, 0) is 92.2 Å². The average molecular weight is 1000 g/mol. The number of hydrazine groups is 1. The minimum Gasteiger partial charge on any atom is -1.00 e. The molecule has 0 aliphatic rings. The number of benzene rings is 7. The minimum atomic E-state index is -3.59. The van der Waals surface area contributed by atoms with Crippen molar-refractivity contribution in [1.29, 1.82) is 5.39 Å². The summed E-state index contributed by atoms with van der Waals surface area (Å²) < 4.78 is 55.6. The lowest BCUT2D eigenvalue weighted by Crippen LogP contribution is -3.00. The molecule has 0 fully saturated rings. The molecule has 0 amide bonds. The molecule has 0 saturated carbocycles. The molecule has 0 aliphatic carbocycles. The number of aryl methyl sites for hydroxylation is 3. The smallest absolute Gasteiger partial charge is 0.385 e. The number of ether oxygens (including phenoxy) is 2. The first-order valence-electron chi connectivity index (χ1n) is 20.7. The molecule has 17 nitrogen and oxygen atoms in total. The molecule has 4 N–H and O–H groups in total. The molecular formula is C50H51ClN10O7S2. The summed E-state index contributed by atoms with van der Waals surface area (Å²) in [5, 5.41) is 24.6. The van der Waals surface area contributed by atoms with Crippen LogP contribution in [0.15, 0.2) is 197 Å². The summed E-state index contributed by atoms with van der Waals surface area (Å²) in [7, 11) is -3.83. The molecule has 70 heavy (non-hydrogen) atoms. The number of aldehydes is 1. The highest BCUT2D eigenvalue weighted by Gasteiger charge is 2.12. The summed E-state index contributed by atoms with van der Waals surface area (Å²) in [5.74, 6) is 6.97. The van der Waals surface area contributed by atoms with Gasteiger partial charge in [-0.2, -0.15) is 18.4 Å². The first kappa shape index (κ1) is 56.2. The number of hydrogen-bond acceptors (Lipinski definition) is 13. The van der Waals surface area contributed by atoms with Crippen LogP contribution in [-0.2, 0) is 20.0 Å². The Morgan fingerprint density at radius 1 is 0.614 bits per heavy atom. The van der Waals surface area contributed by atoms with E-state index < -0.39 is 20.0 Å². The van der Waals surface area contributed by atoms with Gasteiger partial charge in [-0.25, -0.2) is 13.2 Å². The lowest BCUT2D eigenvalue weighted by atomic mass is 10.1. The number of nitrogens with two attached hydrogens (primary N) is 1. The number of nitrogens with one attached hydrogen (secondary N) is 2. The predicted octanol–water partition coefficient (Wildman–Crippen LogP) is 5.78. The Morgan fingerprint density at radius 2 is 1.06 bits per heavy atom. The maximum absolute atomic E-state index is 11.9. The summed E-state index contributed by atoms with van der Waals surface area (Å²) in [5.41, 5.74) is 7.42. The number of sulfonamides is 2. The molecule has 362 valence electrons. The number of carbonyl (C=O) groups is 1. The van der Waals surface area contributed by atoms with Crippen LogP contribution in [0.2, 0.25) is 0 Å². The number of nitrogens with zero attached hydrogens (tertiary/aromatic N) is 7. The van der Waals surface area contributed by atoms with Crippen molar-refractivity contribution >= 4 is 38.2 Å². The fourth-order valence-corrected chi connectivity index (χ4v) is 6.76. The maximum Gasteiger partial charge on any atom is 0.385 e. The zero-order valence-corrected chi connectivity index (χ0v) is 41.1. The lowest BCUT2D eigenvalue weighted by Gasteiger charge is -2.02. The van der Waals surface area contributed by atoms with E-state index in [-0.39, 0.29) is 22.2 Å². The molecule has 0 saturated heterocycles. The predicted molar refractivity (Wildman–Crippen MR) is 267 cm³/mol. The van der Waals surface area contributed by atoms with Gasteiger partial charge in [-0.15, -0.1) is 15.0 Å². The number of halogens is 1. The first-order valence-corrected chi connectivity index (χ1v) is 23.6. The van der Waals surface area contributed by atoms with Crippen molar-refractivity contribution in [2.45, 2.75) is 30.6 Å². The molecule has 1 aromatic heterocycles. The Balaban J connectivity index is 0.000000240. The molecule has 0 bridgehead atoms. The van der Waals surface area contributed by atoms with Crippen molar-refractivity contribution in [3.63, 3.8) is 0 Å². The molecule has 0 unspecified atom stereocenters. The van der Waals surface area contributed by atoms with E-state index in [1.807, 2.05) is 118 Å². The van der Waals surface area contributed by atoms with E-state index >= 15 is 0 Å². The summed E-state index contributed by atoms with van der Waals surface area (Å²) in [6.45, 7) is 6.03. The summed E-state index contributed by atoms with van der Waals surface area (Å²) in [4.78, 5) is 18.9. The van der Waals surface area contributed by atoms with E-state index in [0.29, 0.717) is 11.5 Å². The van der Waals surface area contributed by atoms with Crippen LogP contribution in [-0.4, -0.2) is 63.8 Å². The van der Waals surface area contributed by atoms with Crippen molar-refractivity contribution in [2.75, 3.05) is 14.2 Å². The number of tetrazole rings is 1. The quantitative estimate of drug-likeness (QED) is 0.0460. The molecule has 1 heterocycles. The molecule has 0 radical (unpaired) electrons. The van der Waals surface area contributed by atoms with Gasteiger partial charge in [0.05, 0.1) is 35.9 Å². The molecule has 0 aliphatic heterocycles. The highest BCUT2D eigenvalue weighted by Crippen LogP contribution is 2.18. The van der Waals surface area contributed by atoms with E-state index in [2.05, 4.69) is 30.3 Å². The van der Waals surface area contributed by atoms with Gasteiger partial charge in [0.2, 0.25) is 11.2 Å². The second-order valence-corrected chi connectivity index (χ2v) is 17.7. The molecular weight excluding hydrogens is 952 g/mol. The van der Waals surface area contributed by atoms with E-state index in [9.17, 15) is 21.6 Å². The van der Waals surface area contributed by atoms with Gasteiger partial charge in [0, 0.05) is 23.3 Å². The topological polar surface area (TPSA) is 238 Å². The van der Waals surface area contributed by atoms with Gasteiger partial charge < -0.3 is 21.9 Å². The number of hydrogen-bond donors (Lipinski definition) is 3. The van der Waals surface area contributed by atoms with Crippen LogP contribution in [0, 0.1) is 26.2 Å². The van der Waals surface area contributed by atoms with Crippen LogP contribution in [0.4, 0.5) is 5.69 Å². The molecule has 20 heteroatoms.